The van der Waals surface area contributed by atoms with Crippen molar-refractivity contribution in [1.82, 2.24) is 19.0 Å². The van der Waals surface area contributed by atoms with E-state index >= 15 is 0 Å². The molecule has 2 atom stereocenters. The Balaban J connectivity index is 1.40. The van der Waals surface area contributed by atoms with Gasteiger partial charge in [-0.25, -0.2) is 8.51 Å². The second kappa shape index (κ2) is 12.4. The normalized spacial score (nSPS) is 21.2. The topological polar surface area (TPSA) is 65.6 Å². The fourth-order valence-electron chi connectivity index (χ4n) is 4.98. The molecule has 0 bridgehead atoms. The third-order valence-corrected chi connectivity index (χ3v) is 8.99. The highest BCUT2D eigenvalue weighted by Gasteiger charge is 2.33. The number of rotatable bonds is 10. The molecule has 1 aromatic rings. The van der Waals surface area contributed by atoms with E-state index in [1.54, 1.807) is 11.4 Å². The third kappa shape index (κ3) is 6.79. The summed E-state index contributed by atoms with van der Waals surface area (Å²) in [4.78, 5) is 20.3. The number of likely N-dealkylation sites (N-methyl/N-ethyl adjacent to an activating group) is 2. The monoisotopic (exact) mass is 494 g/mol. The summed E-state index contributed by atoms with van der Waals surface area (Å²) in [6.45, 7) is 9.11. The van der Waals surface area contributed by atoms with Crippen molar-refractivity contribution in [3.05, 3.63) is 23.3 Å². The van der Waals surface area contributed by atoms with Crippen molar-refractivity contribution in [1.29, 1.82) is 0 Å². The quantitative estimate of drug-likeness (QED) is 0.463. The zero-order chi connectivity index (χ0) is 24.8. The highest BCUT2D eigenvalue weighted by atomic mass is 32.2. The Morgan fingerprint density at radius 1 is 1.12 bits per heavy atom. The van der Waals surface area contributed by atoms with E-state index in [2.05, 4.69) is 16.8 Å². The molecule has 2 fully saturated rings. The highest BCUT2D eigenvalue weighted by molar-refractivity contribution is 7.82. The summed E-state index contributed by atoms with van der Waals surface area (Å²) in [7, 11) is 6.22. The van der Waals surface area contributed by atoms with E-state index in [9.17, 15) is 9.00 Å². The van der Waals surface area contributed by atoms with Crippen molar-refractivity contribution in [2.75, 3.05) is 74.2 Å². The lowest BCUT2D eigenvalue weighted by atomic mass is 10.0. The van der Waals surface area contributed by atoms with E-state index in [1.807, 2.05) is 45.0 Å². The molecule has 0 radical (unpaired) electrons. The van der Waals surface area contributed by atoms with Crippen LogP contribution in [0.3, 0.4) is 0 Å². The average Bonchev–Trinajstić information content (AvgIpc) is 3.31. The van der Waals surface area contributed by atoms with Crippen molar-refractivity contribution in [2.24, 2.45) is 0 Å². The lowest BCUT2D eigenvalue weighted by Gasteiger charge is -2.35. The number of piperidine rings is 1. The molecular formula is C25H42N4O4S. The molecule has 192 valence electrons. The van der Waals surface area contributed by atoms with Crippen LogP contribution in [-0.2, 0) is 20.5 Å². The second-order valence-corrected chi connectivity index (χ2v) is 11.3. The minimum absolute atomic E-state index is 0.0147. The van der Waals surface area contributed by atoms with Crippen LogP contribution >= 0.6 is 0 Å². The number of likely N-dealkylation sites (tertiary alicyclic amines) is 2. The van der Waals surface area contributed by atoms with Crippen molar-refractivity contribution in [3.63, 3.8) is 0 Å². The van der Waals surface area contributed by atoms with Gasteiger partial charge in [-0.15, -0.1) is 0 Å². The number of hydrogen-bond acceptors (Lipinski definition) is 6. The summed E-state index contributed by atoms with van der Waals surface area (Å²) < 4.78 is 25.8. The van der Waals surface area contributed by atoms with Gasteiger partial charge in [0.15, 0.2) is 0 Å². The van der Waals surface area contributed by atoms with Crippen LogP contribution in [0.25, 0.3) is 0 Å². The Labute approximate surface area is 207 Å². The van der Waals surface area contributed by atoms with Gasteiger partial charge in [0.05, 0.1) is 18.6 Å². The minimum atomic E-state index is -1.30. The number of carbonyl (C=O) groups is 1. The third-order valence-electron chi connectivity index (χ3n) is 7.24. The van der Waals surface area contributed by atoms with Gasteiger partial charge in [-0.1, -0.05) is 0 Å². The summed E-state index contributed by atoms with van der Waals surface area (Å²) in [5.41, 5.74) is 1.87. The molecule has 1 unspecified atom stereocenters. The van der Waals surface area contributed by atoms with E-state index in [0.717, 1.165) is 54.4 Å². The summed E-state index contributed by atoms with van der Waals surface area (Å²) in [6, 6.07) is 4.70. The van der Waals surface area contributed by atoms with Gasteiger partial charge in [0, 0.05) is 45.8 Å². The Bertz CT molecular complexity index is 836. The van der Waals surface area contributed by atoms with Gasteiger partial charge in [-0.05, 0) is 76.5 Å². The average molecular weight is 495 g/mol. The first-order chi connectivity index (χ1) is 16.2. The predicted octanol–water partition coefficient (Wildman–Crippen LogP) is 1.91. The fraction of sp³-hybridized carbons (Fsp3) is 0.720. The Kier molecular flexibility index (Phi) is 9.91. The van der Waals surface area contributed by atoms with Gasteiger partial charge < -0.3 is 19.3 Å². The molecule has 1 aromatic carbocycles. The minimum Gasteiger partial charge on any atom is -0.497 e. The summed E-state index contributed by atoms with van der Waals surface area (Å²) in [5.74, 6) is 0.780. The molecular weight excluding hydrogens is 452 g/mol. The van der Waals surface area contributed by atoms with Crippen LogP contribution in [0.2, 0.25) is 0 Å². The maximum atomic E-state index is 13.0. The van der Waals surface area contributed by atoms with Gasteiger partial charge in [0.25, 0.3) is 0 Å². The van der Waals surface area contributed by atoms with Crippen LogP contribution in [0.5, 0.6) is 5.75 Å². The van der Waals surface area contributed by atoms with Gasteiger partial charge in [0.1, 0.15) is 23.3 Å². The van der Waals surface area contributed by atoms with Gasteiger partial charge in [0.2, 0.25) is 5.91 Å². The van der Waals surface area contributed by atoms with E-state index in [-0.39, 0.29) is 18.6 Å². The van der Waals surface area contributed by atoms with Crippen LogP contribution in [0.1, 0.15) is 30.4 Å². The second-order valence-electron chi connectivity index (χ2n) is 9.72. The molecule has 0 aliphatic carbocycles. The highest BCUT2D eigenvalue weighted by Crippen LogP contribution is 2.26. The first-order valence-corrected chi connectivity index (χ1v) is 13.4. The molecule has 2 aliphatic rings. The standard InChI is InChI=1S/C25H42N4O4S/c1-19-15-23(32-6)16-20(2)25(19)34(31)27(4)13-14-33-18-24(30)28(5)22-9-12-29(17-22)21-7-10-26(3)11-8-21/h15-16,21-22H,7-14,17-18H2,1-6H3/t22-,34?/m1/s1. The molecule has 0 N–H and O–H groups in total. The SMILES string of the molecule is COc1cc(C)c(S(=O)N(C)CCOCC(=O)N(C)[C@@H]2CCN(C3CCN(C)CC3)C2)c(C)c1. The van der Waals surface area contributed by atoms with E-state index < -0.39 is 11.0 Å². The predicted molar refractivity (Wildman–Crippen MR) is 136 cm³/mol. The number of amides is 1. The summed E-state index contributed by atoms with van der Waals surface area (Å²) >= 11 is 0. The number of methoxy groups -OCH3 is 1. The summed E-state index contributed by atoms with van der Waals surface area (Å²) in [5, 5.41) is 0. The van der Waals surface area contributed by atoms with E-state index in [1.165, 1.54) is 12.8 Å². The molecule has 2 saturated heterocycles. The van der Waals surface area contributed by atoms with Crippen LogP contribution in [0.4, 0.5) is 0 Å². The number of benzene rings is 1. The smallest absolute Gasteiger partial charge is 0.248 e. The molecule has 34 heavy (non-hydrogen) atoms. The van der Waals surface area contributed by atoms with E-state index in [4.69, 9.17) is 9.47 Å². The molecule has 0 aromatic heterocycles. The number of nitrogens with zero attached hydrogens (tertiary/aromatic N) is 4. The van der Waals surface area contributed by atoms with Crippen molar-refractivity contribution in [3.8, 4) is 5.75 Å². The molecule has 9 heteroatoms. The lowest BCUT2D eigenvalue weighted by Crippen LogP contribution is -2.45. The summed E-state index contributed by atoms with van der Waals surface area (Å²) in [6.07, 6.45) is 3.46. The fourth-order valence-corrected chi connectivity index (χ4v) is 6.20. The van der Waals surface area contributed by atoms with Gasteiger partial charge in [-0.2, -0.15) is 0 Å². The molecule has 2 aliphatic heterocycles. The zero-order valence-corrected chi connectivity index (χ0v) is 22.5. The van der Waals surface area contributed by atoms with Crippen molar-refractivity contribution < 1.29 is 18.5 Å². The number of aryl methyl sites for hydroxylation is 2. The number of hydrogen-bond donors (Lipinski definition) is 0. The maximum Gasteiger partial charge on any atom is 0.248 e. The van der Waals surface area contributed by atoms with Gasteiger partial charge in [-0.3, -0.25) is 9.69 Å². The molecule has 3 rings (SSSR count). The van der Waals surface area contributed by atoms with Crippen LogP contribution in [0.15, 0.2) is 17.0 Å². The van der Waals surface area contributed by atoms with Crippen LogP contribution in [-0.4, -0.2) is 115 Å². The van der Waals surface area contributed by atoms with Crippen molar-refractivity contribution >= 4 is 16.9 Å². The molecule has 0 saturated carbocycles. The lowest BCUT2D eigenvalue weighted by molar-refractivity contribution is -0.136. The molecule has 2 heterocycles. The van der Waals surface area contributed by atoms with Crippen LogP contribution in [0, 0.1) is 13.8 Å². The molecule has 0 spiro atoms. The Morgan fingerprint density at radius 2 is 1.76 bits per heavy atom. The van der Waals surface area contributed by atoms with Crippen molar-refractivity contribution in [2.45, 2.75) is 50.1 Å². The first-order valence-electron chi connectivity index (χ1n) is 12.3. The molecule has 8 nitrogen and oxygen atoms in total. The Hall–Kier alpha value is -1.52. The van der Waals surface area contributed by atoms with E-state index in [0.29, 0.717) is 19.2 Å². The van der Waals surface area contributed by atoms with Crippen LogP contribution < -0.4 is 4.74 Å². The first kappa shape index (κ1) is 27.1. The largest absolute Gasteiger partial charge is 0.497 e. The number of ether oxygens (including phenoxy) is 2. The maximum absolute atomic E-state index is 13.0. The molecule has 1 amide bonds. The van der Waals surface area contributed by atoms with Gasteiger partial charge >= 0.3 is 0 Å². The number of carbonyl (C=O) groups excluding carboxylic acids is 1. The zero-order valence-electron chi connectivity index (χ0n) is 21.7. The Morgan fingerprint density at radius 3 is 2.38 bits per heavy atom.